The van der Waals surface area contributed by atoms with Crippen LogP contribution in [0, 0.1) is 3.57 Å². The second kappa shape index (κ2) is 7.35. The van der Waals surface area contributed by atoms with E-state index in [1.165, 1.54) is 0 Å². The summed E-state index contributed by atoms with van der Waals surface area (Å²) in [6.45, 7) is 0. The van der Waals surface area contributed by atoms with Crippen molar-refractivity contribution in [1.29, 1.82) is 0 Å². The number of carbonyl (C=O) groups excluding carboxylic acids is 2. The summed E-state index contributed by atoms with van der Waals surface area (Å²) in [7, 11) is 0. The first-order valence-corrected chi connectivity index (χ1v) is 8.84. The fourth-order valence-corrected chi connectivity index (χ4v) is 3.11. The third-order valence-corrected chi connectivity index (χ3v) is 4.72. The third kappa shape index (κ3) is 3.92. The molecule has 1 aliphatic rings. The summed E-state index contributed by atoms with van der Waals surface area (Å²) >= 11 is 2.14. The molecule has 0 saturated carbocycles. The van der Waals surface area contributed by atoms with E-state index in [9.17, 15) is 19.2 Å². The molecule has 138 valence electrons. The van der Waals surface area contributed by atoms with Crippen LogP contribution >= 0.6 is 22.6 Å². The third-order valence-electron chi connectivity index (χ3n) is 4.00. The minimum absolute atomic E-state index is 0.0748. The Bertz CT molecular complexity index is 925. The topological polar surface area (TPSA) is 124 Å². The Labute approximate surface area is 166 Å². The fraction of sp³-hybridized carbons (Fsp3) is 0.111. The molecule has 0 radical (unpaired) electrons. The summed E-state index contributed by atoms with van der Waals surface area (Å²) in [6, 6.07) is 9.61. The lowest BCUT2D eigenvalue weighted by molar-refractivity contribution is -0.121. The Morgan fingerprint density at radius 1 is 1.00 bits per heavy atom. The van der Waals surface area contributed by atoms with Crippen LogP contribution in [0.3, 0.4) is 0 Å². The highest BCUT2D eigenvalue weighted by molar-refractivity contribution is 14.1. The SMILES string of the molecule is O=C(O)c1cc(C(=O)O)cc(N2C(=O)CC(Nc3ccc(I)cc3)C2=O)c1. The standard InChI is InChI=1S/C18H13IN2O6/c19-11-1-3-12(4-2-11)20-14-8-15(22)21(16(14)23)13-6-9(17(24)25)5-10(7-13)18(26)27/h1-7,14,20H,8H2,(H,24,25)(H,26,27). The van der Waals surface area contributed by atoms with Crippen LogP contribution in [0.15, 0.2) is 42.5 Å². The number of benzene rings is 2. The van der Waals surface area contributed by atoms with Gasteiger partial charge in [-0.05, 0) is 65.1 Å². The second-order valence-electron chi connectivity index (χ2n) is 5.85. The molecule has 1 heterocycles. The van der Waals surface area contributed by atoms with Gasteiger partial charge in [-0.2, -0.15) is 0 Å². The molecule has 3 rings (SSSR count). The molecule has 2 aromatic carbocycles. The van der Waals surface area contributed by atoms with Gasteiger partial charge >= 0.3 is 11.9 Å². The number of carbonyl (C=O) groups is 4. The number of nitrogens with one attached hydrogen (secondary N) is 1. The summed E-state index contributed by atoms with van der Waals surface area (Å²) in [6.07, 6.45) is -0.121. The number of anilines is 2. The van der Waals surface area contributed by atoms with E-state index >= 15 is 0 Å². The zero-order valence-corrected chi connectivity index (χ0v) is 15.8. The monoisotopic (exact) mass is 480 g/mol. The molecule has 1 aliphatic heterocycles. The van der Waals surface area contributed by atoms with Crippen LogP contribution in [0.25, 0.3) is 0 Å². The first-order chi connectivity index (χ1) is 12.8. The molecule has 9 heteroatoms. The highest BCUT2D eigenvalue weighted by atomic mass is 127. The van der Waals surface area contributed by atoms with E-state index in [4.69, 9.17) is 10.2 Å². The summed E-state index contributed by atoms with van der Waals surface area (Å²) in [5.41, 5.74) is -0.0535. The zero-order valence-electron chi connectivity index (χ0n) is 13.7. The normalized spacial score (nSPS) is 16.5. The molecule has 3 N–H and O–H groups in total. The average molecular weight is 480 g/mol. The first-order valence-electron chi connectivity index (χ1n) is 7.77. The largest absolute Gasteiger partial charge is 0.478 e. The molecule has 0 spiro atoms. The van der Waals surface area contributed by atoms with Gasteiger partial charge in [0.05, 0.1) is 23.2 Å². The molecule has 2 amide bonds. The number of carboxylic acid groups (broad SMARTS) is 2. The van der Waals surface area contributed by atoms with E-state index in [0.717, 1.165) is 26.7 Å². The first kappa shape index (κ1) is 18.8. The number of amides is 2. The smallest absolute Gasteiger partial charge is 0.335 e. The Kier molecular flexibility index (Phi) is 5.13. The van der Waals surface area contributed by atoms with Crippen LogP contribution in [-0.4, -0.2) is 40.0 Å². The quantitative estimate of drug-likeness (QED) is 0.444. The molecule has 0 bridgehead atoms. The fourth-order valence-electron chi connectivity index (χ4n) is 2.75. The van der Waals surface area contributed by atoms with Gasteiger partial charge in [-0.15, -0.1) is 0 Å². The number of hydrogen-bond acceptors (Lipinski definition) is 5. The van der Waals surface area contributed by atoms with Crippen LogP contribution in [0.2, 0.25) is 0 Å². The van der Waals surface area contributed by atoms with Crippen LogP contribution in [-0.2, 0) is 9.59 Å². The maximum atomic E-state index is 12.7. The molecular formula is C18H13IN2O6. The number of rotatable bonds is 5. The van der Waals surface area contributed by atoms with E-state index < -0.39 is 29.8 Å². The summed E-state index contributed by atoms with van der Waals surface area (Å²) in [4.78, 5) is 48.4. The van der Waals surface area contributed by atoms with Gasteiger partial charge in [-0.25, -0.2) is 14.5 Å². The van der Waals surface area contributed by atoms with Gasteiger partial charge < -0.3 is 15.5 Å². The minimum atomic E-state index is -1.35. The van der Waals surface area contributed by atoms with Crippen molar-refractivity contribution in [3.05, 3.63) is 57.2 Å². The molecule has 1 atom stereocenters. The van der Waals surface area contributed by atoms with E-state index in [1.54, 1.807) is 12.1 Å². The van der Waals surface area contributed by atoms with Gasteiger partial charge in [0.15, 0.2) is 0 Å². The van der Waals surface area contributed by atoms with E-state index in [1.807, 2.05) is 12.1 Å². The van der Waals surface area contributed by atoms with Crippen molar-refractivity contribution in [2.75, 3.05) is 10.2 Å². The van der Waals surface area contributed by atoms with Gasteiger partial charge in [0.25, 0.3) is 5.91 Å². The molecule has 8 nitrogen and oxygen atoms in total. The molecule has 1 fully saturated rings. The van der Waals surface area contributed by atoms with Gasteiger partial charge in [-0.3, -0.25) is 9.59 Å². The Morgan fingerprint density at radius 3 is 2.07 bits per heavy atom. The summed E-state index contributed by atoms with van der Waals surface area (Å²) in [5.74, 6) is -3.82. The zero-order chi connectivity index (χ0) is 19.7. The van der Waals surface area contributed by atoms with Gasteiger partial charge in [0, 0.05) is 9.26 Å². The average Bonchev–Trinajstić information content (AvgIpc) is 2.90. The van der Waals surface area contributed by atoms with Crippen molar-refractivity contribution >= 4 is 57.7 Å². The highest BCUT2D eigenvalue weighted by Gasteiger charge is 2.40. The van der Waals surface area contributed by atoms with Crippen LogP contribution < -0.4 is 10.2 Å². The minimum Gasteiger partial charge on any atom is -0.478 e. The highest BCUT2D eigenvalue weighted by Crippen LogP contribution is 2.27. The number of halogens is 1. The maximum absolute atomic E-state index is 12.7. The van der Waals surface area contributed by atoms with Gasteiger partial charge in [0.1, 0.15) is 6.04 Å². The number of hydrogen-bond donors (Lipinski definition) is 3. The number of imide groups is 1. The molecule has 2 aromatic rings. The molecule has 0 aliphatic carbocycles. The predicted octanol–water partition coefficient (Wildman–Crippen LogP) is 2.43. The number of nitrogens with zero attached hydrogens (tertiary/aromatic N) is 1. The van der Waals surface area contributed by atoms with E-state index in [2.05, 4.69) is 27.9 Å². The van der Waals surface area contributed by atoms with Crippen LogP contribution in [0.4, 0.5) is 11.4 Å². The Balaban J connectivity index is 1.92. The molecule has 1 saturated heterocycles. The van der Waals surface area contributed by atoms with Crippen LogP contribution in [0.1, 0.15) is 27.1 Å². The Hall–Kier alpha value is -2.95. The lowest BCUT2D eigenvalue weighted by atomic mass is 10.1. The van der Waals surface area contributed by atoms with E-state index in [-0.39, 0.29) is 23.2 Å². The lowest BCUT2D eigenvalue weighted by Crippen LogP contribution is -2.35. The molecule has 27 heavy (non-hydrogen) atoms. The number of carboxylic acids is 2. The number of aromatic carboxylic acids is 2. The second-order valence-corrected chi connectivity index (χ2v) is 7.10. The van der Waals surface area contributed by atoms with Crippen molar-refractivity contribution in [2.45, 2.75) is 12.5 Å². The summed E-state index contributed by atoms with van der Waals surface area (Å²) in [5, 5.41) is 21.3. The Morgan fingerprint density at radius 2 is 1.56 bits per heavy atom. The van der Waals surface area contributed by atoms with Crippen molar-refractivity contribution in [3.63, 3.8) is 0 Å². The lowest BCUT2D eigenvalue weighted by Gasteiger charge is -2.17. The molecule has 0 aromatic heterocycles. The van der Waals surface area contributed by atoms with Crippen molar-refractivity contribution in [3.8, 4) is 0 Å². The predicted molar refractivity (Wildman–Crippen MR) is 104 cm³/mol. The summed E-state index contributed by atoms with van der Waals surface area (Å²) < 4.78 is 1.01. The molecule has 1 unspecified atom stereocenters. The van der Waals surface area contributed by atoms with E-state index in [0.29, 0.717) is 5.69 Å². The molecular weight excluding hydrogens is 467 g/mol. The van der Waals surface area contributed by atoms with Gasteiger partial charge in [0.2, 0.25) is 5.91 Å². The maximum Gasteiger partial charge on any atom is 0.335 e. The van der Waals surface area contributed by atoms with Crippen molar-refractivity contribution in [2.24, 2.45) is 0 Å². The van der Waals surface area contributed by atoms with Crippen LogP contribution in [0.5, 0.6) is 0 Å². The van der Waals surface area contributed by atoms with Crippen molar-refractivity contribution < 1.29 is 29.4 Å². The van der Waals surface area contributed by atoms with Crippen molar-refractivity contribution in [1.82, 2.24) is 0 Å². The van der Waals surface area contributed by atoms with Gasteiger partial charge in [-0.1, -0.05) is 0 Å².